The van der Waals surface area contributed by atoms with E-state index in [0.717, 1.165) is 6.54 Å². The summed E-state index contributed by atoms with van der Waals surface area (Å²) < 4.78 is 0. The predicted molar refractivity (Wildman–Crippen MR) is 74.2 cm³/mol. The van der Waals surface area contributed by atoms with Gasteiger partial charge in [-0.05, 0) is 39.7 Å². The van der Waals surface area contributed by atoms with Crippen LogP contribution in [-0.2, 0) is 0 Å². The van der Waals surface area contributed by atoms with Crippen LogP contribution in [0.15, 0.2) is 0 Å². The molecule has 0 aromatic carbocycles. The molecular formula is C15H31NO. The standard InChI is InChI=1S/C15H31NO/c1-4-11-16(14(2)3)12-15(13-17)9-7-5-6-8-10-15/h14,17H,4-13H2,1-3H3. The number of aliphatic hydroxyl groups is 1. The molecule has 1 aliphatic rings. The lowest BCUT2D eigenvalue weighted by molar-refractivity contribution is 0.0473. The largest absolute Gasteiger partial charge is 0.396 e. The maximum atomic E-state index is 9.84. The Morgan fingerprint density at radius 3 is 2.12 bits per heavy atom. The quantitative estimate of drug-likeness (QED) is 0.720. The summed E-state index contributed by atoms with van der Waals surface area (Å²) in [5, 5.41) is 9.84. The van der Waals surface area contributed by atoms with Gasteiger partial charge in [0.15, 0.2) is 0 Å². The number of hydrogen-bond acceptors (Lipinski definition) is 2. The molecule has 0 radical (unpaired) electrons. The molecule has 1 N–H and O–H groups in total. The number of nitrogens with zero attached hydrogens (tertiary/aromatic N) is 1. The lowest BCUT2D eigenvalue weighted by Crippen LogP contribution is -2.43. The highest BCUT2D eigenvalue weighted by atomic mass is 16.3. The summed E-state index contributed by atoms with van der Waals surface area (Å²) in [6, 6.07) is 0.599. The van der Waals surface area contributed by atoms with E-state index in [2.05, 4.69) is 25.7 Å². The smallest absolute Gasteiger partial charge is 0.0499 e. The Kier molecular flexibility index (Phi) is 6.50. The van der Waals surface area contributed by atoms with Gasteiger partial charge >= 0.3 is 0 Å². The van der Waals surface area contributed by atoms with Gasteiger partial charge in [-0.2, -0.15) is 0 Å². The fourth-order valence-corrected chi connectivity index (χ4v) is 3.08. The number of rotatable bonds is 6. The van der Waals surface area contributed by atoms with E-state index in [1.807, 2.05) is 0 Å². The summed E-state index contributed by atoms with van der Waals surface area (Å²) in [4.78, 5) is 2.56. The molecular weight excluding hydrogens is 210 g/mol. The molecule has 0 unspecified atom stereocenters. The summed E-state index contributed by atoms with van der Waals surface area (Å²) in [6.45, 7) is 9.43. The Hall–Kier alpha value is -0.0800. The molecule has 0 amide bonds. The highest BCUT2D eigenvalue weighted by Gasteiger charge is 2.32. The molecule has 2 nitrogen and oxygen atoms in total. The fourth-order valence-electron chi connectivity index (χ4n) is 3.08. The Balaban J connectivity index is 2.63. The third-order valence-electron chi connectivity index (χ3n) is 4.28. The van der Waals surface area contributed by atoms with Crippen LogP contribution in [0.25, 0.3) is 0 Å². The first-order chi connectivity index (χ1) is 8.13. The van der Waals surface area contributed by atoms with Crippen LogP contribution in [0.5, 0.6) is 0 Å². The summed E-state index contributed by atoms with van der Waals surface area (Å²) in [5.41, 5.74) is 0.190. The number of aliphatic hydroxyl groups excluding tert-OH is 1. The van der Waals surface area contributed by atoms with Crippen molar-refractivity contribution in [2.45, 2.75) is 71.8 Å². The molecule has 1 aliphatic carbocycles. The average molecular weight is 241 g/mol. The van der Waals surface area contributed by atoms with Crippen molar-refractivity contribution in [2.75, 3.05) is 19.7 Å². The van der Waals surface area contributed by atoms with E-state index in [9.17, 15) is 5.11 Å². The molecule has 0 heterocycles. The zero-order valence-corrected chi connectivity index (χ0v) is 12.0. The molecule has 17 heavy (non-hydrogen) atoms. The summed E-state index contributed by atoms with van der Waals surface area (Å²) in [7, 11) is 0. The first kappa shape index (κ1) is 15.0. The minimum atomic E-state index is 0.190. The highest BCUT2D eigenvalue weighted by molar-refractivity contribution is 4.85. The van der Waals surface area contributed by atoms with Gasteiger partial charge in [0, 0.05) is 24.6 Å². The predicted octanol–water partition coefficient (Wildman–Crippen LogP) is 3.44. The second kappa shape index (κ2) is 7.38. The highest BCUT2D eigenvalue weighted by Crippen LogP contribution is 2.35. The second-order valence-corrected chi connectivity index (χ2v) is 6.14. The van der Waals surface area contributed by atoms with Crippen molar-refractivity contribution < 1.29 is 5.11 Å². The maximum absolute atomic E-state index is 9.84. The molecule has 0 saturated heterocycles. The van der Waals surface area contributed by atoms with Gasteiger partial charge in [-0.15, -0.1) is 0 Å². The zero-order valence-electron chi connectivity index (χ0n) is 12.0. The molecule has 2 heteroatoms. The SMILES string of the molecule is CCCN(CC1(CO)CCCCCC1)C(C)C. The fraction of sp³-hybridized carbons (Fsp3) is 1.00. The van der Waals surface area contributed by atoms with Gasteiger partial charge in [-0.1, -0.05) is 32.6 Å². The summed E-state index contributed by atoms with van der Waals surface area (Å²) in [5.74, 6) is 0. The topological polar surface area (TPSA) is 23.5 Å². The van der Waals surface area contributed by atoms with Crippen LogP contribution >= 0.6 is 0 Å². The molecule has 0 aromatic heterocycles. The lowest BCUT2D eigenvalue weighted by Gasteiger charge is -2.38. The normalized spacial score (nSPS) is 20.8. The van der Waals surface area contributed by atoms with Crippen LogP contribution in [0.1, 0.15) is 65.7 Å². The van der Waals surface area contributed by atoms with Gasteiger partial charge in [0.05, 0.1) is 0 Å². The van der Waals surface area contributed by atoms with Crippen LogP contribution in [0.4, 0.5) is 0 Å². The van der Waals surface area contributed by atoms with E-state index in [4.69, 9.17) is 0 Å². The monoisotopic (exact) mass is 241 g/mol. The third-order valence-corrected chi connectivity index (χ3v) is 4.28. The molecule has 1 fully saturated rings. The van der Waals surface area contributed by atoms with E-state index in [-0.39, 0.29) is 5.41 Å². The van der Waals surface area contributed by atoms with Crippen LogP contribution in [0.3, 0.4) is 0 Å². The molecule has 1 rings (SSSR count). The zero-order chi connectivity index (χ0) is 12.7. The molecule has 0 bridgehead atoms. The van der Waals surface area contributed by atoms with Crippen molar-refractivity contribution in [2.24, 2.45) is 5.41 Å². The molecule has 0 aliphatic heterocycles. The van der Waals surface area contributed by atoms with E-state index >= 15 is 0 Å². The van der Waals surface area contributed by atoms with Gasteiger partial charge in [-0.3, -0.25) is 0 Å². The second-order valence-electron chi connectivity index (χ2n) is 6.14. The number of hydrogen-bond donors (Lipinski definition) is 1. The first-order valence-electron chi connectivity index (χ1n) is 7.48. The van der Waals surface area contributed by atoms with E-state index in [1.165, 1.54) is 51.5 Å². The molecule has 102 valence electrons. The first-order valence-corrected chi connectivity index (χ1v) is 7.48. The Morgan fingerprint density at radius 2 is 1.71 bits per heavy atom. The van der Waals surface area contributed by atoms with Gasteiger partial charge in [0.1, 0.15) is 0 Å². The molecule has 0 aromatic rings. The van der Waals surface area contributed by atoms with Gasteiger partial charge in [-0.25, -0.2) is 0 Å². The van der Waals surface area contributed by atoms with Crippen LogP contribution in [0, 0.1) is 5.41 Å². The maximum Gasteiger partial charge on any atom is 0.0499 e. The Bertz CT molecular complexity index is 195. The van der Waals surface area contributed by atoms with Crippen molar-refractivity contribution in [3.63, 3.8) is 0 Å². The minimum Gasteiger partial charge on any atom is -0.396 e. The molecule has 1 saturated carbocycles. The third kappa shape index (κ3) is 4.59. The molecule has 0 spiro atoms. The summed E-state index contributed by atoms with van der Waals surface area (Å²) >= 11 is 0. The van der Waals surface area contributed by atoms with Crippen molar-refractivity contribution in [1.82, 2.24) is 4.90 Å². The van der Waals surface area contributed by atoms with Crippen LogP contribution < -0.4 is 0 Å². The van der Waals surface area contributed by atoms with E-state index in [0.29, 0.717) is 12.6 Å². The van der Waals surface area contributed by atoms with Crippen LogP contribution in [0.2, 0.25) is 0 Å². The lowest BCUT2D eigenvalue weighted by atomic mass is 9.80. The van der Waals surface area contributed by atoms with Crippen molar-refractivity contribution in [3.8, 4) is 0 Å². The Morgan fingerprint density at radius 1 is 1.12 bits per heavy atom. The van der Waals surface area contributed by atoms with Gasteiger partial charge in [0.2, 0.25) is 0 Å². The van der Waals surface area contributed by atoms with Crippen LogP contribution in [-0.4, -0.2) is 35.7 Å². The van der Waals surface area contributed by atoms with Gasteiger partial charge < -0.3 is 10.0 Å². The van der Waals surface area contributed by atoms with E-state index < -0.39 is 0 Å². The summed E-state index contributed by atoms with van der Waals surface area (Å²) in [6.07, 6.45) is 8.97. The average Bonchev–Trinajstić information content (AvgIpc) is 2.54. The van der Waals surface area contributed by atoms with Crippen molar-refractivity contribution >= 4 is 0 Å². The van der Waals surface area contributed by atoms with E-state index in [1.54, 1.807) is 0 Å². The minimum absolute atomic E-state index is 0.190. The Labute approximate surface area is 107 Å². The molecule has 0 atom stereocenters. The van der Waals surface area contributed by atoms with Gasteiger partial charge in [0.25, 0.3) is 0 Å². The van der Waals surface area contributed by atoms with Crippen molar-refractivity contribution in [1.29, 1.82) is 0 Å². The van der Waals surface area contributed by atoms with Crippen molar-refractivity contribution in [3.05, 3.63) is 0 Å².